The van der Waals surface area contributed by atoms with Gasteiger partial charge in [0, 0.05) is 23.9 Å². The van der Waals surface area contributed by atoms with E-state index in [-0.39, 0.29) is 24.2 Å². The van der Waals surface area contributed by atoms with Crippen LogP contribution >= 0.6 is 0 Å². The second-order valence-electron chi connectivity index (χ2n) is 10.4. The fraction of sp³-hybridized carbons (Fsp3) is 0.407. The molecular formula is C27H27N3O8. The summed E-state index contributed by atoms with van der Waals surface area (Å²) in [7, 11) is 4.57. The largest absolute Gasteiger partial charge is 0.507 e. The van der Waals surface area contributed by atoms with E-state index in [1.807, 2.05) is 0 Å². The molecule has 3 aliphatic carbocycles. The van der Waals surface area contributed by atoms with E-state index in [1.165, 1.54) is 18.1 Å². The fourth-order valence-corrected chi connectivity index (χ4v) is 6.62. The molecule has 38 heavy (non-hydrogen) atoms. The number of ether oxygens (including phenoxy) is 1. The van der Waals surface area contributed by atoms with Crippen molar-refractivity contribution in [2.24, 2.45) is 29.4 Å². The minimum atomic E-state index is -2.75. The van der Waals surface area contributed by atoms with Gasteiger partial charge in [-0.3, -0.25) is 33.9 Å². The Labute approximate surface area is 217 Å². The maximum Gasteiger partial charge on any atom is 0.235 e. The zero-order valence-corrected chi connectivity index (χ0v) is 21.0. The second kappa shape index (κ2) is 8.81. The molecule has 1 amide bonds. The van der Waals surface area contributed by atoms with Crippen molar-refractivity contribution in [1.29, 1.82) is 0 Å². The molecule has 3 aliphatic rings. The molecule has 1 aromatic heterocycles. The Bertz CT molecular complexity index is 1420. The number of methoxy groups -OCH3 is 1. The number of likely N-dealkylation sites (N-methyl/N-ethyl adjacent to an activating group) is 1. The monoisotopic (exact) mass is 521 g/mol. The van der Waals surface area contributed by atoms with E-state index in [0.29, 0.717) is 22.4 Å². The number of amides is 1. The third-order valence-electron chi connectivity index (χ3n) is 8.24. The third kappa shape index (κ3) is 3.35. The lowest BCUT2D eigenvalue weighted by molar-refractivity contribution is -0.181. The van der Waals surface area contributed by atoms with E-state index in [4.69, 9.17) is 10.5 Å². The van der Waals surface area contributed by atoms with E-state index >= 15 is 0 Å². The Morgan fingerprint density at radius 1 is 1.13 bits per heavy atom. The van der Waals surface area contributed by atoms with Crippen molar-refractivity contribution in [2.75, 3.05) is 21.2 Å². The number of ketones is 4. The summed E-state index contributed by atoms with van der Waals surface area (Å²) in [5.41, 5.74) is 4.14. The number of aliphatic hydroxyl groups is 1. The van der Waals surface area contributed by atoms with Crippen LogP contribution in [0.4, 0.5) is 0 Å². The Kier molecular flexibility index (Phi) is 5.96. The molecule has 11 heteroatoms. The summed E-state index contributed by atoms with van der Waals surface area (Å²) < 4.78 is 5.46. The van der Waals surface area contributed by atoms with Crippen molar-refractivity contribution in [3.8, 4) is 22.6 Å². The number of aromatic nitrogens is 1. The first-order valence-electron chi connectivity index (χ1n) is 12.1. The van der Waals surface area contributed by atoms with Crippen molar-refractivity contribution in [2.45, 2.75) is 24.5 Å². The molecule has 1 heterocycles. The molecule has 198 valence electrons. The molecule has 2 fully saturated rings. The molecule has 4 N–H and O–H groups in total. The van der Waals surface area contributed by atoms with Crippen LogP contribution in [0.2, 0.25) is 0 Å². The molecule has 1 aromatic carbocycles. The van der Waals surface area contributed by atoms with Gasteiger partial charge in [0.25, 0.3) is 0 Å². The van der Waals surface area contributed by atoms with Crippen molar-refractivity contribution in [3.63, 3.8) is 0 Å². The molecule has 5 rings (SSSR count). The van der Waals surface area contributed by atoms with Gasteiger partial charge in [0.1, 0.15) is 11.5 Å². The van der Waals surface area contributed by atoms with Gasteiger partial charge in [0.15, 0.2) is 34.7 Å². The number of hydrogen-bond acceptors (Lipinski definition) is 10. The quantitative estimate of drug-likeness (QED) is 0.462. The van der Waals surface area contributed by atoms with E-state index in [2.05, 4.69) is 4.98 Å². The Morgan fingerprint density at radius 2 is 1.84 bits per heavy atom. The summed E-state index contributed by atoms with van der Waals surface area (Å²) in [5, 5.41) is 22.3. The maximum atomic E-state index is 13.9. The number of hydrogen-bond donors (Lipinski definition) is 3. The average molecular weight is 522 g/mol. The SMILES string of the molecule is COc1ccncc1-c1ccc(O)c2c1C[C@H]1C[C@H]3C(N(C)C)C(=O)C(C(N)=O)C(=O)[C@@]3(O)C(=O)C1C2=O. The molecule has 2 aromatic rings. The van der Waals surface area contributed by atoms with Crippen molar-refractivity contribution >= 4 is 29.0 Å². The summed E-state index contributed by atoms with van der Waals surface area (Å²) >= 11 is 0. The molecular weight excluding hydrogens is 494 g/mol. The highest BCUT2D eigenvalue weighted by molar-refractivity contribution is 6.32. The first kappa shape index (κ1) is 25.7. The van der Waals surface area contributed by atoms with E-state index in [9.17, 15) is 34.2 Å². The number of primary amides is 1. The molecule has 0 saturated heterocycles. The van der Waals surface area contributed by atoms with Crippen LogP contribution in [-0.4, -0.2) is 82.0 Å². The van der Waals surface area contributed by atoms with E-state index in [1.54, 1.807) is 38.6 Å². The van der Waals surface area contributed by atoms with Crippen LogP contribution in [0.1, 0.15) is 22.3 Å². The highest BCUT2D eigenvalue weighted by atomic mass is 16.5. The topological polar surface area (TPSA) is 177 Å². The standard InChI is InChI=1S/C27H27N3O8/c1-30(2)21-15-9-11-8-13-12(14-10-29-7-6-17(14)38-3)4-5-16(31)19(13)22(32)18(11)24(34)27(15,37)25(35)20(23(21)33)26(28)36/h4-7,10-11,15,18,20-21,31,37H,8-9H2,1-3H3,(H2,28,36)/t11-,15-,18?,20?,21?,27-/m0/s1. The molecule has 3 unspecified atom stereocenters. The normalized spacial score (nSPS) is 30.5. The number of benzene rings is 1. The van der Waals surface area contributed by atoms with Crippen LogP contribution in [0, 0.1) is 23.7 Å². The maximum absolute atomic E-state index is 13.9. The molecule has 2 saturated carbocycles. The Balaban J connectivity index is 1.67. The van der Waals surface area contributed by atoms with Gasteiger partial charge in [-0.15, -0.1) is 0 Å². The van der Waals surface area contributed by atoms with Gasteiger partial charge in [-0.1, -0.05) is 6.07 Å². The molecule has 0 bridgehead atoms. The number of rotatable bonds is 4. The fourth-order valence-electron chi connectivity index (χ4n) is 6.62. The number of fused-ring (bicyclic) bond motifs is 3. The van der Waals surface area contributed by atoms with Gasteiger partial charge >= 0.3 is 0 Å². The van der Waals surface area contributed by atoms with Crippen molar-refractivity contribution in [1.82, 2.24) is 9.88 Å². The number of phenols is 1. The van der Waals surface area contributed by atoms with Crippen LogP contribution in [0.25, 0.3) is 11.1 Å². The number of pyridine rings is 1. The first-order valence-corrected chi connectivity index (χ1v) is 12.1. The highest BCUT2D eigenvalue weighted by Gasteiger charge is 2.69. The summed E-state index contributed by atoms with van der Waals surface area (Å²) in [6.45, 7) is 0. The minimum absolute atomic E-state index is 0.0246. The number of nitrogens with two attached hydrogens (primary N) is 1. The van der Waals surface area contributed by atoms with Gasteiger partial charge in [0.05, 0.1) is 24.6 Å². The number of carbonyl (C=O) groups excluding carboxylic acids is 5. The predicted molar refractivity (Wildman–Crippen MR) is 131 cm³/mol. The van der Waals surface area contributed by atoms with Gasteiger partial charge in [-0.05, 0) is 56.1 Å². The molecule has 11 nitrogen and oxygen atoms in total. The number of phenolic OH excluding ortho intramolecular Hbond substituents is 1. The lowest BCUT2D eigenvalue weighted by Gasteiger charge is -2.52. The third-order valence-corrected chi connectivity index (χ3v) is 8.24. The van der Waals surface area contributed by atoms with Crippen LogP contribution in [0.5, 0.6) is 11.5 Å². The van der Waals surface area contributed by atoms with E-state index in [0.717, 1.165) is 0 Å². The van der Waals surface area contributed by atoms with Crippen LogP contribution < -0.4 is 10.5 Å². The second-order valence-corrected chi connectivity index (χ2v) is 10.4. The Hall–Kier alpha value is -3.96. The molecule has 0 aliphatic heterocycles. The Morgan fingerprint density at radius 3 is 2.47 bits per heavy atom. The van der Waals surface area contributed by atoms with Gasteiger partial charge < -0.3 is 20.7 Å². The van der Waals surface area contributed by atoms with Gasteiger partial charge in [0.2, 0.25) is 5.91 Å². The van der Waals surface area contributed by atoms with Crippen molar-refractivity contribution in [3.05, 3.63) is 41.7 Å². The highest BCUT2D eigenvalue weighted by Crippen LogP contribution is 2.52. The van der Waals surface area contributed by atoms with Crippen LogP contribution in [-0.2, 0) is 25.6 Å². The summed E-state index contributed by atoms with van der Waals surface area (Å²) in [5.74, 6) is -10.3. The van der Waals surface area contributed by atoms with Crippen molar-refractivity contribution < 1.29 is 38.9 Å². The average Bonchev–Trinajstić information content (AvgIpc) is 2.86. The van der Waals surface area contributed by atoms with Gasteiger partial charge in [-0.2, -0.15) is 0 Å². The number of Topliss-reactive ketones (excluding diaryl/α,β-unsaturated/α-hetero) is 4. The zero-order valence-electron chi connectivity index (χ0n) is 21.0. The summed E-state index contributed by atoms with van der Waals surface area (Å²) in [6, 6.07) is 3.47. The number of nitrogens with zero attached hydrogens (tertiary/aromatic N) is 2. The number of aromatic hydroxyl groups is 1. The van der Waals surface area contributed by atoms with Crippen LogP contribution in [0.3, 0.4) is 0 Å². The lowest BCUT2D eigenvalue weighted by atomic mass is 9.52. The van der Waals surface area contributed by atoms with Gasteiger partial charge in [-0.25, -0.2) is 0 Å². The summed E-state index contributed by atoms with van der Waals surface area (Å²) in [6.07, 6.45) is 3.24. The minimum Gasteiger partial charge on any atom is -0.507 e. The number of carbonyl (C=O) groups is 5. The first-order chi connectivity index (χ1) is 17.9. The molecule has 6 atom stereocenters. The lowest BCUT2D eigenvalue weighted by Crippen LogP contribution is -2.74. The van der Waals surface area contributed by atoms with E-state index < -0.39 is 64.4 Å². The molecule has 0 radical (unpaired) electrons. The van der Waals surface area contributed by atoms with Crippen LogP contribution in [0.15, 0.2) is 30.6 Å². The smallest absolute Gasteiger partial charge is 0.235 e. The zero-order chi connectivity index (χ0) is 27.7. The summed E-state index contributed by atoms with van der Waals surface area (Å²) in [4.78, 5) is 71.9. The predicted octanol–water partition coefficient (Wildman–Crippen LogP) is -0.0624. The molecule has 0 spiro atoms.